The SMILES string of the molecule is CCCC[O][Hf].Cl. The second-order valence-electron chi connectivity index (χ2n) is 1.20. The van der Waals surface area contributed by atoms with E-state index >= 15 is 0 Å². The normalized spacial score (nSPS) is 7.43. The first-order valence-electron chi connectivity index (χ1n) is 2.20. The Morgan fingerprint density at radius 3 is 2.29 bits per heavy atom. The first kappa shape index (κ1) is 11.0. The minimum absolute atomic E-state index is 0. The summed E-state index contributed by atoms with van der Waals surface area (Å²) in [6.45, 7) is 3.14. The summed E-state index contributed by atoms with van der Waals surface area (Å²) in [5, 5.41) is 0. The molecule has 0 aliphatic carbocycles. The number of hydrogen-bond donors (Lipinski definition) is 0. The van der Waals surface area contributed by atoms with Crippen molar-refractivity contribution in [1.29, 1.82) is 0 Å². The van der Waals surface area contributed by atoms with E-state index < -0.39 is 0 Å². The third kappa shape index (κ3) is 11.0. The second kappa shape index (κ2) is 10.2. The molecule has 0 aliphatic rings. The van der Waals surface area contributed by atoms with Crippen LogP contribution in [0.1, 0.15) is 19.8 Å². The Bertz CT molecular complexity index is 23.7. The number of hydrogen-bond acceptors (Lipinski definition) is 1. The molecule has 0 amide bonds. The molecule has 1 nitrogen and oxygen atoms in total. The van der Waals surface area contributed by atoms with Gasteiger partial charge in [-0.05, 0) is 0 Å². The van der Waals surface area contributed by atoms with Gasteiger partial charge in [0, 0.05) is 0 Å². The monoisotopic (exact) mass is 289 g/mol. The maximum Gasteiger partial charge on any atom is -0.147 e. The largest absolute Gasteiger partial charge is 0.147 e. The Morgan fingerprint density at radius 1 is 1.57 bits per heavy atom. The fraction of sp³-hybridized carbons (Fsp3) is 1.00. The van der Waals surface area contributed by atoms with Crippen molar-refractivity contribution in [2.24, 2.45) is 0 Å². The van der Waals surface area contributed by atoms with Crippen molar-refractivity contribution in [2.45, 2.75) is 19.8 Å². The molecule has 0 aromatic heterocycles. The summed E-state index contributed by atoms with van der Waals surface area (Å²) in [4.78, 5) is 0. The van der Waals surface area contributed by atoms with E-state index in [1.807, 2.05) is 0 Å². The summed E-state index contributed by atoms with van der Waals surface area (Å²) in [5.74, 6) is 0. The van der Waals surface area contributed by atoms with Gasteiger partial charge in [-0.2, -0.15) is 0 Å². The molecular formula is C4H10ClHfO. The third-order valence-electron chi connectivity index (χ3n) is 0.600. The molecule has 0 heterocycles. The topological polar surface area (TPSA) is 9.23 Å². The molecule has 0 aliphatic heterocycles. The summed E-state index contributed by atoms with van der Waals surface area (Å²) in [5.41, 5.74) is 0. The van der Waals surface area contributed by atoms with Gasteiger partial charge in [0.2, 0.25) is 0 Å². The van der Waals surface area contributed by atoms with Gasteiger partial charge in [0.25, 0.3) is 0 Å². The molecule has 0 fully saturated rings. The predicted octanol–water partition coefficient (Wildman–Crippen LogP) is 1.69. The van der Waals surface area contributed by atoms with Gasteiger partial charge in [0.15, 0.2) is 0 Å². The molecule has 0 spiro atoms. The molecule has 0 bridgehead atoms. The fourth-order valence-electron chi connectivity index (χ4n) is 0.217. The van der Waals surface area contributed by atoms with Crippen molar-refractivity contribution < 1.29 is 27.7 Å². The Hall–Kier alpha value is 1.12. The van der Waals surface area contributed by atoms with Crippen molar-refractivity contribution in [3.63, 3.8) is 0 Å². The van der Waals surface area contributed by atoms with Crippen molar-refractivity contribution in [1.82, 2.24) is 0 Å². The summed E-state index contributed by atoms with van der Waals surface area (Å²) < 4.78 is 4.92. The van der Waals surface area contributed by atoms with Crippen LogP contribution in [0, 0.1) is 0 Å². The van der Waals surface area contributed by atoms with Crippen LogP contribution in [-0.2, 0) is 27.7 Å². The molecule has 0 saturated heterocycles. The van der Waals surface area contributed by atoms with E-state index in [-0.39, 0.29) is 12.4 Å². The number of halogens is 1. The first-order chi connectivity index (χ1) is 2.91. The molecule has 0 radical (unpaired) electrons. The first-order valence-corrected chi connectivity index (χ1v) is 3.67. The van der Waals surface area contributed by atoms with Gasteiger partial charge in [-0.3, -0.25) is 0 Å². The van der Waals surface area contributed by atoms with E-state index in [0.29, 0.717) is 0 Å². The summed E-state index contributed by atoms with van der Waals surface area (Å²) >= 11 is 0.903. The minimum atomic E-state index is 0. The zero-order valence-electron chi connectivity index (χ0n) is 4.44. The number of unbranched alkanes of at least 4 members (excludes halogenated alkanes) is 1. The third-order valence-corrected chi connectivity index (χ3v) is 1.33. The molecule has 0 atom stereocenters. The molecule has 0 saturated carbocycles. The zero-order valence-corrected chi connectivity index (χ0v) is 8.85. The van der Waals surface area contributed by atoms with Crippen molar-refractivity contribution >= 4 is 12.4 Å². The number of rotatable bonds is 3. The van der Waals surface area contributed by atoms with Crippen molar-refractivity contribution in [2.75, 3.05) is 6.61 Å². The minimum Gasteiger partial charge on any atom is -0.147 e. The van der Waals surface area contributed by atoms with Crippen molar-refractivity contribution in [3.8, 4) is 0 Å². The summed E-state index contributed by atoms with van der Waals surface area (Å²) in [6.07, 6.45) is 2.48. The van der Waals surface area contributed by atoms with Gasteiger partial charge in [0.05, 0.1) is 0 Å². The molecule has 43 valence electrons. The van der Waals surface area contributed by atoms with Gasteiger partial charge < -0.3 is 0 Å². The Morgan fingerprint density at radius 2 is 2.14 bits per heavy atom. The van der Waals surface area contributed by atoms with Crippen LogP contribution in [0.25, 0.3) is 0 Å². The van der Waals surface area contributed by atoms with Crippen LogP contribution in [0.5, 0.6) is 0 Å². The van der Waals surface area contributed by atoms with Crippen LogP contribution in [0.15, 0.2) is 0 Å². The molecule has 3 heteroatoms. The molecule has 0 N–H and O–H groups in total. The molecule has 0 aromatic rings. The van der Waals surface area contributed by atoms with Gasteiger partial charge >= 0.3 is 54.0 Å². The summed E-state index contributed by atoms with van der Waals surface area (Å²) in [7, 11) is 0. The molecular weight excluding hydrogens is 278 g/mol. The fourth-order valence-corrected chi connectivity index (χ4v) is 0.735. The summed E-state index contributed by atoms with van der Waals surface area (Å²) in [6, 6.07) is 0. The Labute approximate surface area is 66.4 Å². The average Bonchev–Trinajstić information content (AvgIpc) is 1.61. The average molecular weight is 288 g/mol. The van der Waals surface area contributed by atoms with E-state index in [0.717, 1.165) is 31.4 Å². The van der Waals surface area contributed by atoms with E-state index in [1.165, 1.54) is 12.8 Å². The maximum absolute atomic E-state index is 4.92. The Balaban J connectivity index is 0. The van der Waals surface area contributed by atoms with Gasteiger partial charge in [-0.15, -0.1) is 12.4 Å². The van der Waals surface area contributed by atoms with E-state index in [2.05, 4.69) is 6.92 Å². The molecule has 0 rings (SSSR count). The zero-order chi connectivity index (χ0) is 4.83. The van der Waals surface area contributed by atoms with E-state index in [9.17, 15) is 0 Å². The second-order valence-corrected chi connectivity index (χ2v) is 2.24. The molecule has 7 heavy (non-hydrogen) atoms. The standard InChI is InChI=1S/C4H9O.ClH.Hf/c1-2-3-4-5;;/h2-4H2,1H3;1H;/q-1;;+1. The molecule has 0 unspecified atom stereocenters. The van der Waals surface area contributed by atoms with Crippen LogP contribution < -0.4 is 0 Å². The van der Waals surface area contributed by atoms with Crippen LogP contribution in [0.3, 0.4) is 0 Å². The Kier molecular flexibility index (Phi) is 16.0. The van der Waals surface area contributed by atoms with E-state index in [1.54, 1.807) is 0 Å². The van der Waals surface area contributed by atoms with Crippen LogP contribution >= 0.6 is 12.4 Å². The van der Waals surface area contributed by atoms with Gasteiger partial charge in [0.1, 0.15) is 0 Å². The van der Waals surface area contributed by atoms with Crippen molar-refractivity contribution in [3.05, 3.63) is 0 Å². The quantitative estimate of drug-likeness (QED) is 0.567. The molecule has 0 aromatic carbocycles. The maximum atomic E-state index is 4.92. The van der Waals surface area contributed by atoms with Crippen LogP contribution in [0.2, 0.25) is 0 Å². The van der Waals surface area contributed by atoms with Gasteiger partial charge in [-0.25, -0.2) is 0 Å². The van der Waals surface area contributed by atoms with Gasteiger partial charge in [-0.1, -0.05) is 0 Å². The smallest absolute Gasteiger partial charge is 0.147 e. The van der Waals surface area contributed by atoms with E-state index in [4.69, 9.17) is 2.85 Å². The van der Waals surface area contributed by atoms with Crippen LogP contribution in [0.4, 0.5) is 0 Å². The van der Waals surface area contributed by atoms with Crippen LogP contribution in [-0.4, -0.2) is 6.61 Å². The predicted molar refractivity (Wildman–Crippen MR) is 28.1 cm³/mol.